The standard InChI is InChI=1S/C21H28N4O5S/c1-13-16(7-10-29-13)18(27)24-19-22-15(12-31-19)11-17(26)25-8-5-14(6-9-25)23-20(28)30-21(2,3)4/h7,10,12,14H,5-6,8-9,11H2,1-4H3,(H,23,28)(H,22,24,27). The van der Waals surface area contributed by atoms with E-state index in [9.17, 15) is 14.4 Å². The summed E-state index contributed by atoms with van der Waals surface area (Å²) in [5, 5.41) is 7.80. The molecule has 0 aromatic carbocycles. The van der Waals surface area contributed by atoms with Gasteiger partial charge in [-0.05, 0) is 46.6 Å². The highest BCUT2D eigenvalue weighted by molar-refractivity contribution is 7.14. The van der Waals surface area contributed by atoms with E-state index >= 15 is 0 Å². The molecular weight excluding hydrogens is 420 g/mol. The number of aromatic nitrogens is 1. The van der Waals surface area contributed by atoms with E-state index in [4.69, 9.17) is 9.15 Å². The Morgan fingerprint density at radius 2 is 2.00 bits per heavy atom. The van der Waals surface area contributed by atoms with Crippen LogP contribution in [0, 0.1) is 6.92 Å². The van der Waals surface area contributed by atoms with Gasteiger partial charge in [-0.2, -0.15) is 0 Å². The molecule has 3 rings (SSSR count). The normalized spacial score (nSPS) is 14.9. The van der Waals surface area contributed by atoms with Gasteiger partial charge in [-0.25, -0.2) is 9.78 Å². The average molecular weight is 449 g/mol. The van der Waals surface area contributed by atoms with Crippen LogP contribution in [-0.2, 0) is 16.0 Å². The van der Waals surface area contributed by atoms with Crippen LogP contribution in [0.5, 0.6) is 0 Å². The second-order valence-corrected chi connectivity index (χ2v) is 9.32. The minimum absolute atomic E-state index is 0.00799. The van der Waals surface area contributed by atoms with E-state index in [0.29, 0.717) is 48.1 Å². The van der Waals surface area contributed by atoms with Crippen molar-refractivity contribution in [1.82, 2.24) is 15.2 Å². The first-order valence-electron chi connectivity index (χ1n) is 10.2. The molecule has 31 heavy (non-hydrogen) atoms. The molecule has 0 bridgehead atoms. The van der Waals surface area contributed by atoms with E-state index in [1.54, 1.807) is 23.3 Å². The summed E-state index contributed by atoms with van der Waals surface area (Å²) in [6, 6.07) is 1.59. The first kappa shape index (κ1) is 22.8. The first-order chi connectivity index (χ1) is 14.6. The number of thiazole rings is 1. The molecule has 0 saturated carbocycles. The number of likely N-dealkylation sites (tertiary alicyclic amines) is 1. The molecule has 2 N–H and O–H groups in total. The minimum atomic E-state index is -0.538. The van der Waals surface area contributed by atoms with Gasteiger partial charge in [0.2, 0.25) is 5.91 Å². The Hall–Kier alpha value is -2.88. The quantitative estimate of drug-likeness (QED) is 0.725. The molecule has 0 radical (unpaired) electrons. The van der Waals surface area contributed by atoms with Gasteiger partial charge in [0.05, 0.1) is 23.9 Å². The van der Waals surface area contributed by atoms with E-state index in [2.05, 4.69) is 15.6 Å². The van der Waals surface area contributed by atoms with Crippen molar-refractivity contribution in [3.05, 3.63) is 34.7 Å². The van der Waals surface area contributed by atoms with E-state index in [-0.39, 0.29) is 24.3 Å². The largest absolute Gasteiger partial charge is 0.469 e. The molecule has 1 aliphatic heterocycles. The average Bonchev–Trinajstić information content (AvgIpc) is 3.29. The minimum Gasteiger partial charge on any atom is -0.469 e. The number of carbonyl (C=O) groups excluding carboxylic acids is 3. The van der Waals surface area contributed by atoms with Crippen molar-refractivity contribution in [1.29, 1.82) is 0 Å². The number of hydrogen-bond acceptors (Lipinski definition) is 7. The molecule has 168 valence electrons. The second kappa shape index (κ2) is 9.51. The third-order valence-electron chi connectivity index (χ3n) is 4.78. The zero-order valence-corrected chi connectivity index (χ0v) is 19.0. The Balaban J connectivity index is 1.45. The molecule has 2 aromatic rings. The number of anilines is 1. The molecular formula is C21H28N4O5S. The SMILES string of the molecule is Cc1occc1C(=O)Nc1nc(CC(=O)N2CCC(NC(=O)OC(C)(C)C)CC2)cs1. The van der Waals surface area contributed by atoms with Crippen LogP contribution in [-0.4, -0.2) is 52.5 Å². The molecule has 0 atom stereocenters. The van der Waals surface area contributed by atoms with Crippen LogP contribution in [0.25, 0.3) is 0 Å². The van der Waals surface area contributed by atoms with Crippen molar-refractivity contribution in [2.45, 2.75) is 58.6 Å². The number of aryl methyl sites for hydroxylation is 1. The maximum atomic E-state index is 12.6. The van der Waals surface area contributed by atoms with Crippen LogP contribution in [0.1, 0.15) is 55.4 Å². The fourth-order valence-corrected chi connectivity index (χ4v) is 3.95. The summed E-state index contributed by atoms with van der Waals surface area (Å²) in [6.45, 7) is 8.30. The predicted molar refractivity (Wildman–Crippen MR) is 116 cm³/mol. The maximum absolute atomic E-state index is 12.6. The summed E-state index contributed by atoms with van der Waals surface area (Å²) in [7, 11) is 0. The van der Waals surface area contributed by atoms with Crippen LogP contribution in [0.15, 0.2) is 22.1 Å². The Bertz CT molecular complexity index is 938. The molecule has 0 aliphatic carbocycles. The highest BCUT2D eigenvalue weighted by Gasteiger charge is 2.26. The summed E-state index contributed by atoms with van der Waals surface area (Å²) in [4.78, 5) is 42.9. The van der Waals surface area contributed by atoms with E-state index in [1.165, 1.54) is 17.6 Å². The Morgan fingerprint density at radius 3 is 2.61 bits per heavy atom. The molecule has 3 amide bonds. The Labute approximate surface area is 185 Å². The fourth-order valence-electron chi connectivity index (χ4n) is 3.24. The molecule has 3 heterocycles. The molecule has 1 saturated heterocycles. The van der Waals surface area contributed by atoms with Gasteiger partial charge in [0.15, 0.2) is 5.13 Å². The van der Waals surface area contributed by atoms with Crippen molar-refractivity contribution >= 4 is 34.4 Å². The molecule has 9 nitrogen and oxygen atoms in total. The first-order valence-corrected chi connectivity index (χ1v) is 11.1. The van der Waals surface area contributed by atoms with Crippen molar-refractivity contribution in [3.8, 4) is 0 Å². The number of ether oxygens (including phenoxy) is 1. The number of rotatable bonds is 5. The van der Waals surface area contributed by atoms with Gasteiger partial charge < -0.3 is 19.4 Å². The highest BCUT2D eigenvalue weighted by Crippen LogP contribution is 2.20. The van der Waals surface area contributed by atoms with Gasteiger partial charge >= 0.3 is 6.09 Å². The highest BCUT2D eigenvalue weighted by atomic mass is 32.1. The molecule has 1 fully saturated rings. The number of amides is 3. The van der Waals surface area contributed by atoms with Crippen LogP contribution < -0.4 is 10.6 Å². The monoisotopic (exact) mass is 448 g/mol. The lowest BCUT2D eigenvalue weighted by atomic mass is 10.0. The third kappa shape index (κ3) is 6.55. The van der Waals surface area contributed by atoms with Crippen LogP contribution in [0.4, 0.5) is 9.93 Å². The summed E-state index contributed by atoms with van der Waals surface area (Å²) >= 11 is 1.28. The number of hydrogen-bond donors (Lipinski definition) is 2. The lowest BCUT2D eigenvalue weighted by Gasteiger charge is -2.32. The Kier molecular flexibility index (Phi) is 6.99. The van der Waals surface area contributed by atoms with Crippen LogP contribution in [0.2, 0.25) is 0 Å². The Morgan fingerprint density at radius 1 is 1.29 bits per heavy atom. The lowest BCUT2D eigenvalue weighted by Crippen LogP contribution is -2.48. The molecule has 10 heteroatoms. The zero-order chi connectivity index (χ0) is 22.6. The number of alkyl carbamates (subject to hydrolysis) is 1. The van der Waals surface area contributed by atoms with Crippen molar-refractivity contribution < 1.29 is 23.5 Å². The second-order valence-electron chi connectivity index (χ2n) is 8.47. The van der Waals surface area contributed by atoms with Crippen molar-refractivity contribution in [2.24, 2.45) is 0 Å². The van der Waals surface area contributed by atoms with Gasteiger partial charge in [-0.1, -0.05) is 0 Å². The number of nitrogens with one attached hydrogen (secondary N) is 2. The van der Waals surface area contributed by atoms with Gasteiger partial charge in [0, 0.05) is 24.5 Å². The molecule has 0 unspecified atom stereocenters. The van der Waals surface area contributed by atoms with Gasteiger partial charge in [-0.3, -0.25) is 14.9 Å². The third-order valence-corrected chi connectivity index (χ3v) is 5.58. The fraction of sp³-hybridized carbons (Fsp3) is 0.524. The molecule has 2 aromatic heterocycles. The number of piperidine rings is 1. The van der Waals surface area contributed by atoms with Crippen LogP contribution >= 0.6 is 11.3 Å². The smallest absolute Gasteiger partial charge is 0.407 e. The zero-order valence-electron chi connectivity index (χ0n) is 18.2. The van der Waals surface area contributed by atoms with Gasteiger partial charge in [0.25, 0.3) is 5.91 Å². The maximum Gasteiger partial charge on any atom is 0.407 e. The van der Waals surface area contributed by atoms with Gasteiger partial charge in [0.1, 0.15) is 11.4 Å². The number of furan rings is 1. The van der Waals surface area contributed by atoms with Crippen molar-refractivity contribution in [3.63, 3.8) is 0 Å². The summed E-state index contributed by atoms with van der Waals surface area (Å²) in [5.41, 5.74) is 0.531. The van der Waals surface area contributed by atoms with E-state index in [0.717, 1.165) is 0 Å². The summed E-state index contributed by atoms with van der Waals surface area (Å²) in [6.07, 6.45) is 2.55. The predicted octanol–water partition coefficient (Wildman–Crippen LogP) is 3.36. The van der Waals surface area contributed by atoms with Crippen LogP contribution in [0.3, 0.4) is 0 Å². The van der Waals surface area contributed by atoms with Gasteiger partial charge in [-0.15, -0.1) is 11.3 Å². The molecule has 0 spiro atoms. The summed E-state index contributed by atoms with van der Waals surface area (Å²) in [5.74, 6) is 0.219. The topological polar surface area (TPSA) is 114 Å². The lowest BCUT2D eigenvalue weighted by molar-refractivity contribution is -0.131. The van der Waals surface area contributed by atoms with E-state index < -0.39 is 11.7 Å². The molecule has 1 aliphatic rings. The number of nitrogens with zero attached hydrogens (tertiary/aromatic N) is 2. The van der Waals surface area contributed by atoms with E-state index in [1.807, 2.05) is 20.8 Å². The van der Waals surface area contributed by atoms with Crippen molar-refractivity contribution in [2.75, 3.05) is 18.4 Å². The summed E-state index contributed by atoms with van der Waals surface area (Å²) < 4.78 is 10.4. The number of carbonyl (C=O) groups is 3.